The smallest absolute Gasteiger partial charge is 0.135 e. The van der Waals surface area contributed by atoms with Gasteiger partial charge in [0.1, 0.15) is 11.2 Å². The predicted molar refractivity (Wildman–Crippen MR) is 172 cm³/mol. The Morgan fingerprint density at radius 1 is 0.476 bits per heavy atom. The lowest BCUT2D eigenvalue weighted by Gasteiger charge is -2.15. The molecular weight excluding hydrogens is 532 g/mol. The zero-order valence-corrected chi connectivity index (χ0v) is 23.1. The summed E-state index contributed by atoms with van der Waals surface area (Å²) in [6.45, 7) is 0. The molecule has 0 atom stereocenters. The van der Waals surface area contributed by atoms with Gasteiger partial charge in [-0.25, -0.2) is 0 Å². The third-order valence-corrected chi connectivity index (χ3v) is 9.13. The quantitative estimate of drug-likeness (QED) is 0.219. The van der Waals surface area contributed by atoms with Gasteiger partial charge in [-0.3, -0.25) is 0 Å². The third kappa shape index (κ3) is 3.79. The number of rotatable bonds is 3. The molecule has 4 heteroatoms. The molecular formula is C38H20N2OS. The Kier molecular flexibility index (Phi) is 5.44. The van der Waals surface area contributed by atoms with E-state index >= 15 is 0 Å². The highest BCUT2D eigenvalue weighted by Gasteiger charge is 2.17. The van der Waals surface area contributed by atoms with Crippen molar-refractivity contribution in [1.29, 1.82) is 10.5 Å². The second-order valence-electron chi connectivity index (χ2n) is 10.4. The second-order valence-corrected chi connectivity index (χ2v) is 11.4. The van der Waals surface area contributed by atoms with Crippen molar-refractivity contribution in [2.45, 2.75) is 0 Å². The van der Waals surface area contributed by atoms with E-state index in [0.717, 1.165) is 55.3 Å². The Morgan fingerprint density at radius 2 is 1.12 bits per heavy atom. The maximum atomic E-state index is 10.4. The Bertz CT molecular complexity index is 2430. The summed E-state index contributed by atoms with van der Waals surface area (Å²) in [7, 11) is 0. The molecule has 2 heterocycles. The van der Waals surface area contributed by atoms with E-state index < -0.39 is 0 Å². The summed E-state index contributed by atoms with van der Waals surface area (Å²) >= 11 is 1.78. The summed E-state index contributed by atoms with van der Waals surface area (Å²) < 4.78 is 8.56. The maximum absolute atomic E-state index is 10.4. The number of fused-ring (bicyclic) bond motifs is 6. The Morgan fingerprint density at radius 3 is 1.95 bits per heavy atom. The van der Waals surface area contributed by atoms with Crippen LogP contribution in [0, 0.1) is 22.7 Å². The van der Waals surface area contributed by atoms with Gasteiger partial charge in [0.15, 0.2) is 0 Å². The van der Waals surface area contributed by atoms with E-state index in [2.05, 4.69) is 78.9 Å². The minimum atomic E-state index is 0.607. The summed E-state index contributed by atoms with van der Waals surface area (Å²) in [5, 5.41) is 24.3. The van der Waals surface area contributed by atoms with Crippen LogP contribution in [0.4, 0.5) is 0 Å². The van der Waals surface area contributed by atoms with E-state index in [0.29, 0.717) is 11.1 Å². The molecule has 6 aromatic carbocycles. The summed E-state index contributed by atoms with van der Waals surface area (Å²) in [5.74, 6) is 0. The fourth-order valence-corrected chi connectivity index (χ4v) is 7.01. The van der Waals surface area contributed by atoms with E-state index in [1.54, 1.807) is 11.3 Å². The number of furan rings is 1. The molecule has 2 aromatic heterocycles. The van der Waals surface area contributed by atoms with Crippen LogP contribution in [-0.4, -0.2) is 0 Å². The van der Waals surface area contributed by atoms with Gasteiger partial charge < -0.3 is 4.42 Å². The minimum Gasteiger partial charge on any atom is -0.456 e. The van der Waals surface area contributed by atoms with Gasteiger partial charge >= 0.3 is 0 Å². The average Bonchev–Trinajstić information content (AvgIpc) is 3.61. The van der Waals surface area contributed by atoms with Gasteiger partial charge in [-0.1, -0.05) is 60.7 Å². The molecule has 8 rings (SSSR count). The van der Waals surface area contributed by atoms with Gasteiger partial charge in [0.2, 0.25) is 0 Å². The molecule has 0 aliphatic carbocycles. The van der Waals surface area contributed by atoms with E-state index in [1.807, 2.05) is 54.6 Å². The number of benzene rings is 6. The summed E-state index contributed by atoms with van der Waals surface area (Å²) in [6.07, 6.45) is 0. The molecule has 0 saturated carbocycles. The topological polar surface area (TPSA) is 60.7 Å². The van der Waals surface area contributed by atoms with Crippen molar-refractivity contribution in [2.75, 3.05) is 0 Å². The van der Waals surface area contributed by atoms with Gasteiger partial charge in [-0.15, -0.1) is 11.3 Å². The summed E-state index contributed by atoms with van der Waals surface area (Å²) in [6, 6.07) is 45.6. The Balaban J connectivity index is 1.38. The zero-order valence-electron chi connectivity index (χ0n) is 22.3. The fourth-order valence-electron chi connectivity index (χ4n) is 5.92. The molecule has 0 N–H and O–H groups in total. The van der Waals surface area contributed by atoms with Crippen LogP contribution in [0.2, 0.25) is 0 Å². The lowest BCUT2D eigenvalue weighted by atomic mass is 9.87. The maximum Gasteiger partial charge on any atom is 0.135 e. The lowest BCUT2D eigenvalue weighted by Crippen LogP contribution is -1.92. The number of nitrogens with zero attached hydrogens (tertiary/aromatic N) is 2. The van der Waals surface area contributed by atoms with Crippen molar-refractivity contribution in [3.8, 4) is 45.5 Å². The van der Waals surface area contributed by atoms with Crippen molar-refractivity contribution >= 4 is 53.4 Å². The molecule has 194 valence electrons. The molecule has 42 heavy (non-hydrogen) atoms. The van der Waals surface area contributed by atoms with Crippen LogP contribution < -0.4 is 0 Å². The van der Waals surface area contributed by atoms with Crippen LogP contribution in [0.5, 0.6) is 0 Å². The van der Waals surface area contributed by atoms with E-state index in [4.69, 9.17) is 4.42 Å². The highest BCUT2D eigenvalue weighted by Crippen LogP contribution is 2.42. The van der Waals surface area contributed by atoms with Crippen LogP contribution in [0.15, 0.2) is 126 Å². The van der Waals surface area contributed by atoms with Gasteiger partial charge in [0.25, 0.3) is 0 Å². The minimum absolute atomic E-state index is 0.607. The first kappa shape index (κ1) is 24.1. The normalized spacial score (nSPS) is 11.3. The molecule has 0 aliphatic rings. The van der Waals surface area contributed by atoms with Crippen LogP contribution in [0.25, 0.3) is 75.5 Å². The summed E-state index contributed by atoms with van der Waals surface area (Å²) in [4.78, 5) is 0. The number of hydrogen-bond acceptors (Lipinski definition) is 4. The zero-order chi connectivity index (χ0) is 28.2. The number of thiophene rings is 1. The molecule has 0 spiro atoms. The standard InChI is InChI=1S/C38H20N2OS/c39-21-23-9-11-24(12-10-23)32-20-30(25-14-16-38-34(18-25)29-6-2-4-8-37(29)42-38)27(22-40)19-31(32)26-13-15-36-33(17-26)28-5-1-3-7-35(28)41-36/h1-20H. The van der Waals surface area contributed by atoms with Gasteiger partial charge in [0, 0.05) is 36.5 Å². The first-order valence-electron chi connectivity index (χ1n) is 13.6. The highest BCUT2D eigenvalue weighted by atomic mass is 32.1. The molecule has 0 bridgehead atoms. The largest absolute Gasteiger partial charge is 0.456 e. The Labute approximate surface area is 245 Å². The molecule has 8 aromatic rings. The third-order valence-electron chi connectivity index (χ3n) is 7.98. The molecule has 3 nitrogen and oxygen atoms in total. The number of para-hydroxylation sites is 1. The highest BCUT2D eigenvalue weighted by molar-refractivity contribution is 7.25. The molecule has 0 aliphatic heterocycles. The average molecular weight is 553 g/mol. The molecule has 0 unspecified atom stereocenters. The molecule has 0 saturated heterocycles. The number of nitriles is 2. The molecule has 0 radical (unpaired) electrons. The molecule has 0 fully saturated rings. The second kappa shape index (κ2) is 9.46. The summed E-state index contributed by atoms with van der Waals surface area (Å²) in [5.41, 5.74) is 8.70. The number of hydrogen-bond donors (Lipinski definition) is 0. The van der Waals surface area contributed by atoms with Crippen LogP contribution in [-0.2, 0) is 0 Å². The van der Waals surface area contributed by atoms with Crippen molar-refractivity contribution in [3.05, 3.63) is 132 Å². The lowest BCUT2D eigenvalue weighted by molar-refractivity contribution is 0.669. The van der Waals surface area contributed by atoms with E-state index in [-0.39, 0.29) is 0 Å². The van der Waals surface area contributed by atoms with Crippen molar-refractivity contribution in [3.63, 3.8) is 0 Å². The Hall–Kier alpha value is -5.68. The predicted octanol–water partition coefficient (Wildman–Crippen LogP) is 10.7. The monoisotopic (exact) mass is 552 g/mol. The van der Waals surface area contributed by atoms with Crippen molar-refractivity contribution < 1.29 is 4.42 Å². The van der Waals surface area contributed by atoms with Gasteiger partial charge in [-0.05, 0) is 88.5 Å². The van der Waals surface area contributed by atoms with E-state index in [1.165, 1.54) is 20.2 Å². The van der Waals surface area contributed by atoms with Gasteiger partial charge in [-0.2, -0.15) is 10.5 Å². The first-order chi connectivity index (χ1) is 20.7. The van der Waals surface area contributed by atoms with Gasteiger partial charge in [0.05, 0.1) is 23.3 Å². The first-order valence-corrected chi connectivity index (χ1v) is 14.4. The van der Waals surface area contributed by atoms with Crippen LogP contribution >= 0.6 is 11.3 Å². The molecule has 0 amide bonds. The SMILES string of the molecule is N#Cc1ccc(-c2cc(-c3ccc4sc5ccccc5c4c3)c(C#N)cc2-c2ccc3oc4ccccc4c3c2)cc1. The van der Waals surface area contributed by atoms with Crippen molar-refractivity contribution in [1.82, 2.24) is 0 Å². The van der Waals surface area contributed by atoms with E-state index in [9.17, 15) is 10.5 Å². The fraction of sp³-hybridized carbons (Fsp3) is 0. The van der Waals surface area contributed by atoms with Crippen molar-refractivity contribution in [2.24, 2.45) is 0 Å². The van der Waals surface area contributed by atoms with Crippen LogP contribution in [0.1, 0.15) is 11.1 Å². The van der Waals surface area contributed by atoms with Crippen LogP contribution in [0.3, 0.4) is 0 Å².